The fourth-order valence-corrected chi connectivity index (χ4v) is 3.14. The van der Waals surface area contributed by atoms with Gasteiger partial charge in [0, 0.05) is 19.7 Å². The summed E-state index contributed by atoms with van der Waals surface area (Å²) in [6.07, 6.45) is 3.53. The van der Waals surface area contributed by atoms with Crippen LogP contribution in [0.4, 0.5) is 4.39 Å². The highest BCUT2D eigenvalue weighted by atomic mass is 19.1. The standard InChI is InChI=1S/C16H20FNO2/c17-14-5-3-12(4-6-14)13-7-9-18(10-8-13)16(19)15-2-1-11-20-15/h3-6,13,15H,1-2,7-11H2. The third kappa shape index (κ3) is 2.85. The van der Waals surface area contributed by atoms with Crippen molar-refractivity contribution in [2.45, 2.75) is 37.7 Å². The maximum Gasteiger partial charge on any atom is 0.251 e. The molecule has 0 saturated carbocycles. The average molecular weight is 277 g/mol. The monoisotopic (exact) mass is 277 g/mol. The molecular weight excluding hydrogens is 257 g/mol. The number of halogens is 1. The summed E-state index contributed by atoms with van der Waals surface area (Å²) in [7, 11) is 0. The number of nitrogens with zero attached hydrogens (tertiary/aromatic N) is 1. The first-order valence-corrected chi connectivity index (χ1v) is 7.40. The zero-order chi connectivity index (χ0) is 13.9. The molecular formula is C16H20FNO2. The summed E-state index contributed by atoms with van der Waals surface area (Å²) < 4.78 is 18.4. The number of carbonyl (C=O) groups excluding carboxylic acids is 1. The predicted octanol–water partition coefficient (Wildman–Crippen LogP) is 2.71. The topological polar surface area (TPSA) is 29.5 Å². The van der Waals surface area contributed by atoms with Crippen LogP contribution in [-0.4, -0.2) is 36.6 Å². The van der Waals surface area contributed by atoms with Crippen molar-refractivity contribution in [2.75, 3.05) is 19.7 Å². The number of piperidine rings is 1. The van der Waals surface area contributed by atoms with Crippen LogP contribution < -0.4 is 0 Å². The van der Waals surface area contributed by atoms with Crippen LogP contribution in [0.5, 0.6) is 0 Å². The normalized spacial score (nSPS) is 24.1. The maximum absolute atomic E-state index is 12.9. The molecule has 2 aliphatic rings. The van der Waals surface area contributed by atoms with Crippen LogP contribution in [0.15, 0.2) is 24.3 Å². The molecule has 1 atom stereocenters. The second kappa shape index (κ2) is 5.92. The smallest absolute Gasteiger partial charge is 0.251 e. The van der Waals surface area contributed by atoms with Crippen LogP contribution in [-0.2, 0) is 9.53 Å². The number of hydrogen-bond donors (Lipinski definition) is 0. The minimum Gasteiger partial charge on any atom is -0.368 e. The molecule has 2 aliphatic heterocycles. The number of likely N-dealkylation sites (tertiary alicyclic amines) is 1. The molecule has 0 aromatic heterocycles. The Morgan fingerprint density at radius 2 is 1.85 bits per heavy atom. The Bertz CT molecular complexity index is 460. The number of amides is 1. The first-order valence-electron chi connectivity index (χ1n) is 7.40. The molecule has 2 fully saturated rings. The van der Waals surface area contributed by atoms with Crippen molar-refractivity contribution >= 4 is 5.91 Å². The van der Waals surface area contributed by atoms with Crippen molar-refractivity contribution in [1.82, 2.24) is 4.90 Å². The molecule has 4 heteroatoms. The zero-order valence-electron chi connectivity index (χ0n) is 11.6. The molecule has 0 spiro atoms. The number of hydrogen-bond acceptors (Lipinski definition) is 2. The molecule has 2 saturated heterocycles. The lowest BCUT2D eigenvalue weighted by molar-refractivity contribution is -0.142. The van der Waals surface area contributed by atoms with Gasteiger partial charge in [0.05, 0.1) is 0 Å². The van der Waals surface area contributed by atoms with Crippen molar-refractivity contribution in [3.63, 3.8) is 0 Å². The maximum atomic E-state index is 12.9. The first-order chi connectivity index (χ1) is 9.74. The van der Waals surface area contributed by atoms with Crippen molar-refractivity contribution in [1.29, 1.82) is 0 Å². The Hall–Kier alpha value is -1.42. The lowest BCUT2D eigenvalue weighted by Crippen LogP contribution is -2.43. The van der Waals surface area contributed by atoms with Crippen LogP contribution in [0.2, 0.25) is 0 Å². The van der Waals surface area contributed by atoms with Gasteiger partial charge in [0.25, 0.3) is 5.91 Å². The van der Waals surface area contributed by atoms with E-state index in [4.69, 9.17) is 4.74 Å². The van der Waals surface area contributed by atoms with E-state index >= 15 is 0 Å². The highest BCUT2D eigenvalue weighted by Gasteiger charge is 2.31. The van der Waals surface area contributed by atoms with E-state index < -0.39 is 0 Å². The van der Waals surface area contributed by atoms with Crippen molar-refractivity contribution in [3.8, 4) is 0 Å². The average Bonchev–Trinajstić information content (AvgIpc) is 3.02. The van der Waals surface area contributed by atoms with E-state index in [-0.39, 0.29) is 17.8 Å². The molecule has 0 N–H and O–H groups in total. The molecule has 0 radical (unpaired) electrons. The number of benzene rings is 1. The molecule has 1 unspecified atom stereocenters. The predicted molar refractivity (Wildman–Crippen MR) is 73.9 cm³/mol. The number of rotatable bonds is 2. The summed E-state index contributed by atoms with van der Waals surface area (Å²) in [5, 5.41) is 0. The van der Waals surface area contributed by atoms with Gasteiger partial charge in [-0.05, 0) is 49.3 Å². The molecule has 2 heterocycles. The largest absolute Gasteiger partial charge is 0.368 e. The van der Waals surface area contributed by atoms with Crippen molar-refractivity contribution < 1.29 is 13.9 Å². The SMILES string of the molecule is O=C(C1CCCO1)N1CCC(c2ccc(F)cc2)CC1. The molecule has 108 valence electrons. The Labute approximate surface area is 118 Å². The van der Waals surface area contributed by atoms with Gasteiger partial charge in [0.1, 0.15) is 11.9 Å². The summed E-state index contributed by atoms with van der Waals surface area (Å²) in [5.41, 5.74) is 1.18. The Morgan fingerprint density at radius 3 is 2.45 bits per heavy atom. The molecule has 3 rings (SSSR count). The van der Waals surface area contributed by atoms with Gasteiger partial charge in [-0.1, -0.05) is 12.1 Å². The lowest BCUT2D eigenvalue weighted by atomic mass is 9.89. The minimum absolute atomic E-state index is 0.153. The van der Waals surface area contributed by atoms with E-state index in [1.54, 1.807) is 0 Å². The summed E-state index contributed by atoms with van der Waals surface area (Å²) >= 11 is 0. The van der Waals surface area contributed by atoms with Crippen LogP contribution in [0, 0.1) is 5.82 Å². The van der Waals surface area contributed by atoms with Gasteiger partial charge >= 0.3 is 0 Å². The van der Waals surface area contributed by atoms with Crippen LogP contribution in [0.1, 0.15) is 37.2 Å². The second-order valence-corrected chi connectivity index (χ2v) is 5.65. The van der Waals surface area contributed by atoms with Crippen molar-refractivity contribution in [2.24, 2.45) is 0 Å². The second-order valence-electron chi connectivity index (χ2n) is 5.65. The first kappa shape index (κ1) is 13.6. The fraction of sp³-hybridized carbons (Fsp3) is 0.562. The third-order valence-corrected chi connectivity index (χ3v) is 4.35. The summed E-state index contributed by atoms with van der Waals surface area (Å²) in [6, 6.07) is 6.74. The molecule has 3 nitrogen and oxygen atoms in total. The van der Waals surface area contributed by atoms with E-state index in [0.717, 1.165) is 38.8 Å². The highest BCUT2D eigenvalue weighted by Crippen LogP contribution is 2.29. The molecule has 0 aliphatic carbocycles. The van der Waals surface area contributed by atoms with Crippen molar-refractivity contribution in [3.05, 3.63) is 35.6 Å². The summed E-state index contributed by atoms with van der Waals surface area (Å²) in [4.78, 5) is 14.2. The highest BCUT2D eigenvalue weighted by molar-refractivity contribution is 5.81. The molecule has 20 heavy (non-hydrogen) atoms. The van der Waals surface area contributed by atoms with E-state index in [9.17, 15) is 9.18 Å². The van der Waals surface area contributed by atoms with Crippen LogP contribution in [0.3, 0.4) is 0 Å². The van der Waals surface area contributed by atoms with Gasteiger partial charge in [0.15, 0.2) is 0 Å². The Morgan fingerprint density at radius 1 is 1.15 bits per heavy atom. The van der Waals surface area contributed by atoms with E-state index in [2.05, 4.69) is 0 Å². The van der Waals surface area contributed by atoms with E-state index in [1.165, 1.54) is 17.7 Å². The zero-order valence-corrected chi connectivity index (χ0v) is 11.6. The van der Waals surface area contributed by atoms with Crippen LogP contribution in [0.25, 0.3) is 0 Å². The molecule has 1 aromatic carbocycles. The summed E-state index contributed by atoms with van der Waals surface area (Å²) in [6.45, 7) is 2.27. The molecule has 0 bridgehead atoms. The van der Waals surface area contributed by atoms with Gasteiger partial charge in [0.2, 0.25) is 0 Å². The van der Waals surface area contributed by atoms with Gasteiger partial charge in [-0.15, -0.1) is 0 Å². The van der Waals surface area contributed by atoms with Gasteiger partial charge in [-0.2, -0.15) is 0 Å². The number of carbonyl (C=O) groups is 1. The van der Waals surface area contributed by atoms with Crippen LogP contribution >= 0.6 is 0 Å². The molecule has 1 aromatic rings. The fourth-order valence-electron chi connectivity index (χ4n) is 3.14. The third-order valence-electron chi connectivity index (χ3n) is 4.35. The summed E-state index contributed by atoms with van der Waals surface area (Å²) in [5.74, 6) is 0.393. The quantitative estimate of drug-likeness (QED) is 0.832. The Balaban J connectivity index is 1.56. The molecule has 1 amide bonds. The number of ether oxygens (including phenoxy) is 1. The van der Waals surface area contributed by atoms with E-state index in [1.807, 2.05) is 17.0 Å². The van der Waals surface area contributed by atoms with Gasteiger partial charge in [-0.25, -0.2) is 4.39 Å². The minimum atomic E-state index is -0.211. The van der Waals surface area contributed by atoms with E-state index in [0.29, 0.717) is 12.5 Å². The Kier molecular flexibility index (Phi) is 4.01. The lowest BCUT2D eigenvalue weighted by Gasteiger charge is -2.33. The van der Waals surface area contributed by atoms with Gasteiger partial charge < -0.3 is 9.64 Å². The van der Waals surface area contributed by atoms with Gasteiger partial charge in [-0.3, -0.25) is 4.79 Å².